The van der Waals surface area contributed by atoms with Crippen LogP contribution in [0.15, 0.2) is 60.8 Å². The maximum absolute atomic E-state index is 6.43. The Balaban J connectivity index is 1.12. The molecule has 1 spiro atoms. The number of para-hydroxylation sites is 1. The lowest BCUT2D eigenvalue weighted by molar-refractivity contribution is -0.0485. The van der Waals surface area contributed by atoms with Crippen molar-refractivity contribution in [2.75, 3.05) is 19.6 Å². The lowest BCUT2D eigenvalue weighted by Gasteiger charge is -2.29. The van der Waals surface area contributed by atoms with Crippen molar-refractivity contribution in [2.45, 2.75) is 63.1 Å². The average molecular weight is 428 g/mol. The smallest absolute Gasteiger partial charge is 0.0952 e. The van der Waals surface area contributed by atoms with Gasteiger partial charge in [-0.2, -0.15) is 5.10 Å². The molecule has 2 aliphatic heterocycles. The van der Waals surface area contributed by atoms with Crippen molar-refractivity contribution in [1.29, 1.82) is 0 Å². The van der Waals surface area contributed by atoms with Crippen LogP contribution in [0, 0.1) is 0 Å². The van der Waals surface area contributed by atoms with E-state index in [1.165, 1.54) is 66.8 Å². The molecule has 6 rings (SSSR count). The van der Waals surface area contributed by atoms with Crippen molar-refractivity contribution in [3.63, 3.8) is 0 Å². The van der Waals surface area contributed by atoms with E-state index >= 15 is 0 Å². The van der Waals surface area contributed by atoms with E-state index in [0.29, 0.717) is 5.92 Å². The van der Waals surface area contributed by atoms with Gasteiger partial charge in [0.05, 0.1) is 24.1 Å². The highest BCUT2D eigenvalue weighted by Gasteiger charge is 2.40. The molecule has 1 aliphatic carbocycles. The fourth-order valence-corrected chi connectivity index (χ4v) is 6.26. The first-order valence-corrected chi connectivity index (χ1v) is 12.4. The van der Waals surface area contributed by atoms with Crippen LogP contribution in [0.5, 0.6) is 0 Å². The third-order valence-corrected chi connectivity index (χ3v) is 8.00. The van der Waals surface area contributed by atoms with Crippen molar-refractivity contribution in [1.82, 2.24) is 14.7 Å². The summed E-state index contributed by atoms with van der Waals surface area (Å²) in [4.78, 5) is 2.69. The predicted octanol–water partition coefficient (Wildman–Crippen LogP) is 5.59. The summed E-state index contributed by atoms with van der Waals surface area (Å²) in [7, 11) is 0. The molecular formula is C28H33N3O. The van der Waals surface area contributed by atoms with Gasteiger partial charge in [-0.15, -0.1) is 0 Å². The molecule has 0 radical (unpaired) electrons. The Morgan fingerprint density at radius 2 is 1.84 bits per heavy atom. The van der Waals surface area contributed by atoms with Crippen LogP contribution in [-0.4, -0.2) is 34.3 Å². The SMILES string of the molecule is c1ccc(-n2ncc3c2CCCC3CCN2CCCC3(CC2)OCc2ccccc23)cc1. The minimum absolute atomic E-state index is 0.0415. The van der Waals surface area contributed by atoms with Gasteiger partial charge >= 0.3 is 0 Å². The summed E-state index contributed by atoms with van der Waals surface area (Å²) < 4.78 is 8.60. The van der Waals surface area contributed by atoms with E-state index in [4.69, 9.17) is 9.84 Å². The highest BCUT2D eigenvalue weighted by atomic mass is 16.5. The molecule has 1 aromatic heterocycles. The van der Waals surface area contributed by atoms with E-state index in [0.717, 1.165) is 32.4 Å². The lowest BCUT2D eigenvalue weighted by atomic mass is 9.84. The zero-order valence-electron chi connectivity index (χ0n) is 18.9. The molecule has 0 N–H and O–H groups in total. The van der Waals surface area contributed by atoms with Crippen molar-refractivity contribution in [2.24, 2.45) is 0 Å². The Kier molecular flexibility index (Phi) is 5.36. The van der Waals surface area contributed by atoms with Gasteiger partial charge in [0.2, 0.25) is 0 Å². The van der Waals surface area contributed by atoms with Gasteiger partial charge < -0.3 is 9.64 Å². The van der Waals surface area contributed by atoms with E-state index in [1.807, 2.05) is 0 Å². The zero-order chi connectivity index (χ0) is 21.4. The summed E-state index contributed by atoms with van der Waals surface area (Å²) in [6, 6.07) is 19.4. The molecule has 1 saturated heterocycles. The third-order valence-electron chi connectivity index (χ3n) is 8.00. The van der Waals surface area contributed by atoms with Gasteiger partial charge in [-0.05, 0) is 92.8 Å². The summed E-state index contributed by atoms with van der Waals surface area (Å²) >= 11 is 0. The maximum atomic E-state index is 6.43. The first kappa shape index (κ1) is 20.2. The van der Waals surface area contributed by atoms with Crippen LogP contribution >= 0.6 is 0 Å². The Hall–Kier alpha value is -2.43. The highest BCUT2D eigenvalue weighted by molar-refractivity contribution is 5.37. The van der Waals surface area contributed by atoms with E-state index < -0.39 is 0 Å². The fourth-order valence-electron chi connectivity index (χ4n) is 6.26. The van der Waals surface area contributed by atoms with Gasteiger partial charge in [0, 0.05) is 12.2 Å². The molecular weight excluding hydrogens is 394 g/mol. The van der Waals surface area contributed by atoms with Crippen molar-refractivity contribution in [3.8, 4) is 5.69 Å². The van der Waals surface area contributed by atoms with Crippen LogP contribution in [0.3, 0.4) is 0 Å². The zero-order valence-corrected chi connectivity index (χ0v) is 18.9. The van der Waals surface area contributed by atoms with Crippen molar-refractivity contribution in [3.05, 3.63) is 83.2 Å². The Morgan fingerprint density at radius 3 is 2.78 bits per heavy atom. The summed E-state index contributed by atoms with van der Waals surface area (Å²) in [6.45, 7) is 4.29. The van der Waals surface area contributed by atoms with E-state index in [2.05, 4.69) is 70.4 Å². The Bertz CT molecular complexity index is 1080. The third kappa shape index (κ3) is 3.60. The number of nitrogens with zero attached hydrogens (tertiary/aromatic N) is 3. The monoisotopic (exact) mass is 427 g/mol. The molecule has 2 atom stereocenters. The van der Waals surface area contributed by atoms with Gasteiger partial charge in [-0.1, -0.05) is 42.5 Å². The standard InChI is InChI=1S/C28H33N3O/c1-2-10-24(11-3-1)31-27-13-6-9-22(25(27)20-29-31)14-18-30-17-7-15-28(16-19-30)26-12-5-4-8-23(26)21-32-28/h1-5,8,10-12,20,22H,6-7,9,13-19,21H2. The lowest BCUT2D eigenvalue weighted by Crippen LogP contribution is -2.30. The molecule has 166 valence electrons. The molecule has 32 heavy (non-hydrogen) atoms. The molecule has 0 saturated carbocycles. The first-order chi connectivity index (χ1) is 15.8. The Labute approximate surface area is 191 Å². The van der Waals surface area contributed by atoms with Crippen LogP contribution in [-0.2, 0) is 23.4 Å². The van der Waals surface area contributed by atoms with Crippen LogP contribution in [0.1, 0.15) is 66.8 Å². The summed E-state index contributed by atoms with van der Waals surface area (Å²) in [5, 5.41) is 4.78. The highest BCUT2D eigenvalue weighted by Crippen LogP contribution is 2.44. The number of fused-ring (bicyclic) bond motifs is 3. The molecule has 2 unspecified atom stereocenters. The topological polar surface area (TPSA) is 30.3 Å². The number of benzene rings is 2. The van der Waals surface area contributed by atoms with Crippen LogP contribution in [0.25, 0.3) is 5.69 Å². The molecule has 0 amide bonds. The number of aromatic nitrogens is 2. The summed E-state index contributed by atoms with van der Waals surface area (Å²) in [5.74, 6) is 0.636. The normalized spacial score (nSPS) is 25.4. The second-order valence-electron chi connectivity index (χ2n) is 9.81. The van der Waals surface area contributed by atoms with Crippen molar-refractivity contribution >= 4 is 0 Å². The molecule has 4 heteroatoms. The van der Waals surface area contributed by atoms with Gasteiger partial charge in [0.1, 0.15) is 0 Å². The van der Waals surface area contributed by atoms with Crippen LogP contribution in [0.4, 0.5) is 0 Å². The number of hydrogen-bond acceptors (Lipinski definition) is 3. The number of ether oxygens (including phenoxy) is 1. The van der Waals surface area contributed by atoms with Gasteiger partial charge in [-0.3, -0.25) is 0 Å². The molecule has 3 heterocycles. The summed E-state index contributed by atoms with van der Waals surface area (Å²) in [6.07, 6.45) is 10.6. The Morgan fingerprint density at radius 1 is 0.969 bits per heavy atom. The minimum atomic E-state index is -0.0415. The molecule has 0 bridgehead atoms. The van der Waals surface area contributed by atoms with Gasteiger partial charge in [0.25, 0.3) is 0 Å². The molecule has 3 aliphatic rings. The van der Waals surface area contributed by atoms with Crippen molar-refractivity contribution < 1.29 is 4.74 Å². The summed E-state index contributed by atoms with van der Waals surface area (Å²) in [5.41, 5.74) is 6.90. The fraction of sp³-hybridized carbons (Fsp3) is 0.464. The predicted molar refractivity (Wildman–Crippen MR) is 127 cm³/mol. The second-order valence-corrected chi connectivity index (χ2v) is 9.81. The van der Waals surface area contributed by atoms with E-state index in [-0.39, 0.29) is 5.60 Å². The van der Waals surface area contributed by atoms with Gasteiger partial charge in [-0.25, -0.2) is 4.68 Å². The number of rotatable bonds is 4. The minimum Gasteiger partial charge on any atom is -0.366 e. The molecule has 2 aromatic carbocycles. The number of likely N-dealkylation sites (tertiary alicyclic amines) is 1. The number of hydrogen-bond donors (Lipinski definition) is 0. The molecule has 1 fully saturated rings. The largest absolute Gasteiger partial charge is 0.366 e. The molecule has 4 nitrogen and oxygen atoms in total. The van der Waals surface area contributed by atoms with E-state index in [1.54, 1.807) is 0 Å². The van der Waals surface area contributed by atoms with E-state index in [9.17, 15) is 0 Å². The van der Waals surface area contributed by atoms with Crippen LogP contribution in [0.2, 0.25) is 0 Å². The first-order valence-electron chi connectivity index (χ1n) is 12.4. The quantitative estimate of drug-likeness (QED) is 0.543. The average Bonchev–Trinajstić information content (AvgIpc) is 3.37. The van der Waals surface area contributed by atoms with Gasteiger partial charge in [0.15, 0.2) is 0 Å². The maximum Gasteiger partial charge on any atom is 0.0952 e. The van der Waals surface area contributed by atoms with Crippen LogP contribution < -0.4 is 0 Å². The second kappa shape index (κ2) is 8.49. The molecule has 3 aromatic rings.